The van der Waals surface area contributed by atoms with Crippen LogP contribution in [0.3, 0.4) is 0 Å². The molecule has 0 spiro atoms. The third kappa shape index (κ3) is 6.61. The van der Waals surface area contributed by atoms with Crippen LogP contribution in [0.4, 0.5) is 5.82 Å². The van der Waals surface area contributed by atoms with E-state index in [1.807, 2.05) is 12.1 Å². The number of nitrogens with one attached hydrogen (secondary N) is 3. The van der Waals surface area contributed by atoms with E-state index in [1.165, 1.54) is 0 Å². The molecule has 2 aromatic rings. The summed E-state index contributed by atoms with van der Waals surface area (Å²) in [7, 11) is 1.72. The van der Waals surface area contributed by atoms with Gasteiger partial charge in [-0.2, -0.15) is 0 Å². The second kappa shape index (κ2) is 12.2. The van der Waals surface area contributed by atoms with E-state index < -0.39 is 0 Å². The molecule has 1 aromatic carbocycles. The summed E-state index contributed by atoms with van der Waals surface area (Å²) < 4.78 is 0. The maximum absolute atomic E-state index is 12.2. The minimum atomic E-state index is -0.195. The number of anilines is 1. The van der Waals surface area contributed by atoms with Gasteiger partial charge in [0.05, 0.1) is 15.6 Å². The van der Waals surface area contributed by atoms with Crippen molar-refractivity contribution in [2.75, 3.05) is 38.1 Å². The fourth-order valence-electron chi connectivity index (χ4n) is 3.17. The molecule has 7 nitrogen and oxygen atoms in total. The van der Waals surface area contributed by atoms with Gasteiger partial charge in [0.25, 0.3) is 5.91 Å². The molecule has 1 atom stereocenters. The minimum Gasteiger partial charge on any atom is -0.355 e. The minimum absolute atomic E-state index is 0. The van der Waals surface area contributed by atoms with Crippen LogP contribution in [-0.2, 0) is 0 Å². The average molecular weight is 563 g/mol. The van der Waals surface area contributed by atoms with Gasteiger partial charge >= 0.3 is 0 Å². The smallest absolute Gasteiger partial charge is 0.252 e. The summed E-state index contributed by atoms with van der Waals surface area (Å²) >= 11 is 12.3. The summed E-state index contributed by atoms with van der Waals surface area (Å²) in [5, 5.41) is 10.6. The van der Waals surface area contributed by atoms with Gasteiger partial charge in [-0.15, -0.1) is 24.0 Å². The quantitative estimate of drug-likeness (QED) is 0.218. The fraction of sp³-hybridized carbons (Fsp3) is 0.350. The zero-order valence-corrected chi connectivity index (χ0v) is 20.4. The molecule has 0 radical (unpaired) electrons. The highest BCUT2D eigenvalue weighted by Gasteiger charge is 2.25. The summed E-state index contributed by atoms with van der Waals surface area (Å²) in [6.07, 6.45) is 2.70. The lowest BCUT2D eigenvalue weighted by Gasteiger charge is -2.20. The Morgan fingerprint density at radius 1 is 1.17 bits per heavy atom. The molecule has 0 bridgehead atoms. The van der Waals surface area contributed by atoms with Crippen LogP contribution in [0.5, 0.6) is 0 Å². The number of hydrogen-bond acceptors (Lipinski definition) is 4. The number of guanidine groups is 1. The van der Waals surface area contributed by atoms with E-state index in [9.17, 15) is 4.79 Å². The SMILES string of the molecule is CN=C(NCCNC(=O)c1ccccc1Cl)NC1CCN(c2ncccc2Cl)C1.I. The van der Waals surface area contributed by atoms with Gasteiger partial charge in [0.1, 0.15) is 5.82 Å². The Morgan fingerprint density at radius 3 is 2.63 bits per heavy atom. The van der Waals surface area contributed by atoms with E-state index in [0.29, 0.717) is 34.7 Å². The lowest BCUT2D eigenvalue weighted by Crippen LogP contribution is -2.46. The summed E-state index contributed by atoms with van der Waals surface area (Å²) in [5.41, 5.74) is 0.468. The molecule has 1 amide bonds. The van der Waals surface area contributed by atoms with Gasteiger partial charge in [0.15, 0.2) is 5.96 Å². The molecule has 1 aliphatic rings. The second-order valence-corrected chi connectivity index (χ2v) is 7.43. The van der Waals surface area contributed by atoms with Crippen LogP contribution in [0.15, 0.2) is 47.6 Å². The molecule has 1 aromatic heterocycles. The van der Waals surface area contributed by atoms with Crippen LogP contribution in [0.1, 0.15) is 16.8 Å². The molecular weight excluding hydrogens is 538 g/mol. The van der Waals surface area contributed by atoms with E-state index >= 15 is 0 Å². The summed E-state index contributed by atoms with van der Waals surface area (Å²) in [4.78, 5) is 23.0. The molecule has 162 valence electrons. The third-order valence-electron chi connectivity index (χ3n) is 4.61. The number of nitrogens with zero attached hydrogens (tertiary/aromatic N) is 3. The molecule has 1 aliphatic heterocycles. The van der Waals surface area contributed by atoms with Crippen molar-refractivity contribution in [2.24, 2.45) is 4.99 Å². The van der Waals surface area contributed by atoms with E-state index in [4.69, 9.17) is 23.2 Å². The van der Waals surface area contributed by atoms with Gasteiger partial charge in [-0.3, -0.25) is 9.79 Å². The van der Waals surface area contributed by atoms with Crippen LogP contribution >= 0.6 is 47.2 Å². The van der Waals surface area contributed by atoms with E-state index in [-0.39, 0.29) is 35.9 Å². The van der Waals surface area contributed by atoms with E-state index in [1.54, 1.807) is 37.5 Å². The Kier molecular flexibility index (Phi) is 9.93. The summed E-state index contributed by atoms with van der Waals surface area (Å²) in [6.45, 7) is 2.66. The highest BCUT2D eigenvalue weighted by Crippen LogP contribution is 2.25. The zero-order chi connectivity index (χ0) is 20.6. The molecule has 3 rings (SSSR count). The van der Waals surface area contributed by atoms with Crippen molar-refractivity contribution in [2.45, 2.75) is 12.5 Å². The van der Waals surface area contributed by atoms with Crippen LogP contribution in [0.2, 0.25) is 10.0 Å². The Labute approximate surface area is 203 Å². The monoisotopic (exact) mass is 562 g/mol. The number of carbonyl (C=O) groups is 1. The third-order valence-corrected chi connectivity index (χ3v) is 5.24. The van der Waals surface area contributed by atoms with Crippen LogP contribution in [0.25, 0.3) is 0 Å². The number of halogens is 3. The molecule has 30 heavy (non-hydrogen) atoms. The largest absolute Gasteiger partial charge is 0.355 e. The van der Waals surface area contributed by atoms with Crippen LogP contribution < -0.4 is 20.9 Å². The van der Waals surface area contributed by atoms with Crippen molar-refractivity contribution in [3.05, 3.63) is 58.2 Å². The fourth-order valence-corrected chi connectivity index (χ4v) is 3.63. The van der Waals surface area contributed by atoms with Gasteiger partial charge in [-0.25, -0.2) is 4.98 Å². The molecule has 10 heteroatoms. The number of pyridine rings is 1. The van der Waals surface area contributed by atoms with E-state index in [2.05, 4.69) is 30.8 Å². The van der Waals surface area contributed by atoms with Gasteiger partial charge < -0.3 is 20.9 Å². The van der Waals surface area contributed by atoms with Crippen LogP contribution in [-0.4, -0.2) is 56.1 Å². The normalized spacial score (nSPS) is 16.0. The van der Waals surface area contributed by atoms with Gasteiger partial charge in [0, 0.05) is 45.5 Å². The molecule has 0 saturated carbocycles. The predicted octanol–water partition coefficient (Wildman–Crippen LogP) is 3.18. The first-order valence-electron chi connectivity index (χ1n) is 9.44. The lowest BCUT2D eigenvalue weighted by atomic mass is 10.2. The number of rotatable bonds is 6. The number of aliphatic imine (C=N–C) groups is 1. The molecule has 2 heterocycles. The van der Waals surface area contributed by atoms with Gasteiger partial charge in [0.2, 0.25) is 0 Å². The molecule has 1 fully saturated rings. The second-order valence-electron chi connectivity index (χ2n) is 6.62. The van der Waals surface area contributed by atoms with Crippen molar-refractivity contribution in [1.29, 1.82) is 0 Å². The highest BCUT2D eigenvalue weighted by molar-refractivity contribution is 14.0. The van der Waals surface area contributed by atoms with Crippen molar-refractivity contribution in [1.82, 2.24) is 20.9 Å². The Hall–Kier alpha value is -1.78. The number of hydrogen-bond donors (Lipinski definition) is 3. The highest BCUT2D eigenvalue weighted by atomic mass is 127. The molecule has 1 unspecified atom stereocenters. The van der Waals surface area contributed by atoms with Gasteiger partial charge in [-0.1, -0.05) is 35.3 Å². The number of carbonyl (C=O) groups excluding carboxylic acids is 1. The maximum atomic E-state index is 12.2. The number of amides is 1. The number of aromatic nitrogens is 1. The van der Waals surface area contributed by atoms with Gasteiger partial charge in [-0.05, 0) is 30.7 Å². The topological polar surface area (TPSA) is 81.6 Å². The molecule has 0 aliphatic carbocycles. The average Bonchev–Trinajstić information content (AvgIpc) is 3.19. The Balaban J connectivity index is 0.00000320. The van der Waals surface area contributed by atoms with Crippen molar-refractivity contribution >= 4 is 64.9 Å². The predicted molar refractivity (Wildman–Crippen MR) is 134 cm³/mol. The lowest BCUT2D eigenvalue weighted by molar-refractivity contribution is 0.0954. The van der Waals surface area contributed by atoms with E-state index in [0.717, 1.165) is 25.3 Å². The zero-order valence-electron chi connectivity index (χ0n) is 16.6. The van der Waals surface area contributed by atoms with Crippen molar-refractivity contribution in [3.63, 3.8) is 0 Å². The first-order chi connectivity index (χ1) is 14.1. The summed E-state index contributed by atoms with van der Waals surface area (Å²) in [6, 6.07) is 10.9. The maximum Gasteiger partial charge on any atom is 0.252 e. The van der Waals surface area contributed by atoms with Crippen LogP contribution in [0, 0.1) is 0 Å². The summed E-state index contributed by atoms with van der Waals surface area (Å²) in [5.74, 6) is 1.30. The standard InChI is InChI=1S/C20H24Cl2N6O.HI/c1-23-20(26-11-10-25-19(29)15-5-2-3-6-16(15)21)27-14-8-12-28(13-14)18-17(22)7-4-9-24-18;/h2-7,9,14H,8,10-13H2,1H3,(H,25,29)(H2,23,26,27);1H. The Bertz CT molecular complexity index is 882. The van der Waals surface area contributed by atoms with Crippen molar-refractivity contribution in [3.8, 4) is 0 Å². The number of benzene rings is 1. The molecule has 1 saturated heterocycles. The molecular formula is C20H25Cl2IN6O. The molecule has 3 N–H and O–H groups in total. The first-order valence-corrected chi connectivity index (χ1v) is 10.2. The van der Waals surface area contributed by atoms with Crippen molar-refractivity contribution < 1.29 is 4.79 Å². The first kappa shape index (κ1) is 24.5. The Morgan fingerprint density at radius 2 is 1.90 bits per heavy atom.